The van der Waals surface area contributed by atoms with Crippen LogP contribution in [0.2, 0.25) is 0 Å². The van der Waals surface area contributed by atoms with Crippen molar-refractivity contribution in [2.45, 2.75) is 4.90 Å². The summed E-state index contributed by atoms with van der Waals surface area (Å²) in [5.74, 6) is -0.260. The van der Waals surface area contributed by atoms with Gasteiger partial charge in [-0.15, -0.1) is 11.8 Å². The molecule has 0 fully saturated rings. The van der Waals surface area contributed by atoms with Crippen LogP contribution >= 0.6 is 24.0 Å². The van der Waals surface area contributed by atoms with Gasteiger partial charge in [-0.1, -0.05) is 36.5 Å². The van der Waals surface area contributed by atoms with Gasteiger partial charge in [0.05, 0.1) is 5.69 Å². The molecule has 0 unspecified atom stereocenters. The van der Waals surface area contributed by atoms with E-state index in [4.69, 9.17) is 12.2 Å². The molecule has 0 aliphatic carbocycles. The van der Waals surface area contributed by atoms with Gasteiger partial charge >= 0.3 is 0 Å². The van der Waals surface area contributed by atoms with E-state index in [9.17, 15) is 4.39 Å². The van der Waals surface area contributed by atoms with E-state index in [0.29, 0.717) is 4.64 Å². The van der Waals surface area contributed by atoms with Crippen LogP contribution < -0.4 is 0 Å². The Balaban J connectivity index is 2.15. The van der Waals surface area contributed by atoms with Crippen LogP contribution in [0.15, 0.2) is 59.5 Å². The summed E-state index contributed by atoms with van der Waals surface area (Å²) in [6.07, 6.45) is 2.04. The Hall–Kier alpha value is -1.98. The second kappa shape index (κ2) is 6.42. The van der Waals surface area contributed by atoms with Crippen LogP contribution in [-0.2, 0) is 0 Å². The zero-order valence-corrected chi connectivity index (χ0v) is 13.5. The Morgan fingerprint density at radius 2 is 1.64 bits per heavy atom. The molecule has 0 spiro atoms. The molecule has 0 aliphatic rings. The van der Waals surface area contributed by atoms with E-state index >= 15 is 0 Å². The minimum atomic E-state index is -0.260. The van der Waals surface area contributed by atoms with Crippen LogP contribution in [0.3, 0.4) is 0 Å². The highest BCUT2D eigenvalue weighted by molar-refractivity contribution is 7.98. The molecule has 3 aromatic rings. The van der Waals surface area contributed by atoms with Gasteiger partial charge in [0.15, 0.2) is 0 Å². The largest absolute Gasteiger partial charge is 0.267 e. The number of aromatic amines is 1. The maximum atomic E-state index is 13.1. The number of nitrogens with zero attached hydrogens (tertiary/aromatic N) is 1. The lowest BCUT2D eigenvalue weighted by Crippen LogP contribution is -1.93. The fourth-order valence-corrected chi connectivity index (χ4v) is 2.79. The molecule has 3 rings (SSSR count). The molecule has 0 saturated carbocycles. The highest BCUT2D eigenvalue weighted by Gasteiger charge is 2.10. The summed E-state index contributed by atoms with van der Waals surface area (Å²) < 4.78 is 13.7. The summed E-state index contributed by atoms with van der Waals surface area (Å²) >= 11 is 6.87. The van der Waals surface area contributed by atoms with Gasteiger partial charge in [-0.3, -0.25) is 5.10 Å². The van der Waals surface area contributed by atoms with Gasteiger partial charge in [0, 0.05) is 16.0 Å². The fraction of sp³-hybridized carbons (Fsp3) is 0.0588. The molecule has 1 N–H and O–H groups in total. The SMILES string of the molecule is CSc1ccc(-c2n[nH]c(=S)cc2-c2ccc(F)cc2)cc1. The van der Waals surface area contributed by atoms with Gasteiger partial charge in [0.2, 0.25) is 0 Å². The van der Waals surface area contributed by atoms with Gasteiger partial charge < -0.3 is 0 Å². The lowest BCUT2D eigenvalue weighted by atomic mass is 10.0. The highest BCUT2D eigenvalue weighted by Crippen LogP contribution is 2.31. The molecular formula is C17H13FN2S2. The van der Waals surface area contributed by atoms with Gasteiger partial charge in [-0.2, -0.15) is 5.10 Å². The average Bonchev–Trinajstić information content (AvgIpc) is 2.56. The Kier molecular flexibility index (Phi) is 4.36. The maximum Gasteiger partial charge on any atom is 0.123 e. The van der Waals surface area contributed by atoms with Crippen molar-refractivity contribution in [2.24, 2.45) is 0 Å². The van der Waals surface area contributed by atoms with Crippen LogP contribution in [-0.4, -0.2) is 16.5 Å². The van der Waals surface area contributed by atoms with Crippen LogP contribution in [0.4, 0.5) is 4.39 Å². The number of rotatable bonds is 3. The van der Waals surface area contributed by atoms with Crippen LogP contribution in [0.25, 0.3) is 22.4 Å². The summed E-state index contributed by atoms with van der Waals surface area (Å²) in [6.45, 7) is 0. The van der Waals surface area contributed by atoms with Crippen molar-refractivity contribution >= 4 is 24.0 Å². The second-order valence-electron chi connectivity index (χ2n) is 4.73. The summed E-state index contributed by atoms with van der Waals surface area (Å²) in [7, 11) is 0. The fourth-order valence-electron chi connectivity index (χ4n) is 2.22. The number of hydrogen-bond donors (Lipinski definition) is 1. The van der Waals surface area contributed by atoms with Gasteiger partial charge in [-0.25, -0.2) is 4.39 Å². The topological polar surface area (TPSA) is 28.7 Å². The predicted molar refractivity (Wildman–Crippen MR) is 92.0 cm³/mol. The van der Waals surface area contributed by atoms with E-state index in [-0.39, 0.29) is 5.82 Å². The van der Waals surface area contributed by atoms with Crippen molar-refractivity contribution < 1.29 is 4.39 Å². The first kappa shape index (κ1) is 14.9. The average molecular weight is 328 g/mol. The number of hydrogen-bond acceptors (Lipinski definition) is 3. The number of nitrogens with one attached hydrogen (secondary N) is 1. The Morgan fingerprint density at radius 1 is 1.00 bits per heavy atom. The third-order valence-corrected chi connectivity index (χ3v) is 4.28. The molecule has 22 heavy (non-hydrogen) atoms. The summed E-state index contributed by atoms with van der Waals surface area (Å²) in [5.41, 5.74) is 3.56. The zero-order chi connectivity index (χ0) is 15.5. The van der Waals surface area contributed by atoms with Gasteiger partial charge in [0.25, 0.3) is 0 Å². The molecule has 5 heteroatoms. The van der Waals surface area contributed by atoms with E-state index in [1.165, 1.54) is 17.0 Å². The summed E-state index contributed by atoms with van der Waals surface area (Å²) in [4.78, 5) is 1.19. The molecule has 0 aliphatic heterocycles. The van der Waals surface area contributed by atoms with Crippen molar-refractivity contribution in [3.8, 4) is 22.4 Å². The molecule has 0 atom stereocenters. The number of aromatic nitrogens is 2. The molecule has 0 radical (unpaired) electrons. The van der Waals surface area contributed by atoms with Gasteiger partial charge in [0.1, 0.15) is 10.5 Å². The first-order valence-corrected chi connectivity index (χ1v) is 8.31. The molecule has 0 saturated heterocycles. The first-order valence-electron chi connectivity index (χ1n) is 6.67. The molecule has 1 heterocycles. The summed E-state index contributed by atoms with van der Waals surface area (Å²) in [5, 5.41) is 7.21. The molecule has 2 aromatic carbocycles. The molecule has 2 nitrogen and oxygen atoms in total. The van der Waals surface area contributed by atoms with E-state index in [0.717, 1.165) is 22.4 Å². The minimum Gasteiger partial charge on any atom is -0.267 e. The van der Waals surface area contributed by atoms with Crippen LogP contribution in [0.5, 0.6) is 0 Å². The van der Waals surface area contributed by atoms with Gasteiger partial charge in [-0.05, 0) is 42.2 Å². The zero-order valence-electron chi connectivity index (χ0n) is 11.8. The Labute approximate surface area is 137 Å². The molecule has 110 valence electrons. The number of H-pyrrole nitrogens is 1. The third kappa shape index (κ3) is 3.10. The second-order valence-corrected chi connectivity index (χ2v) is 6.05. The lowest BCUT2D eigenvalue weighted by molar-refractivity contribution is 0.628. The minimum absolute atomic E-state index is 0.260. The Bertz CT molecular complexity index is 840. The van der Waals surface area contributed by atoms with Crippen LogP contribution in [0.1, 0.15) is 0 Å². The third-order valence-electron chi connectivity index (χ3n) is 3.33. The smallest absolute Gasteiger partial charge is 0.123 e. The Morgan fingerprint density at radius 3 is 2.27 bits per heavy atom. The molecule has 0 amide bonds. The van der Waals surface area contributed by atoms with Crippen molar-refractivity contribution in [2.75, 3.05) is 6.26 Å². The van der Waals surface area contributed by atoms with Crippen molar-refractivity contribution in [3.63, 3.8) is 0 Å². The highest BCUT2D eigenvalue weighted by atomic mass is 32.2. The normalized spacial score (nSPS) is 10.6. The molecule has 1 aromatic heterocycles. The predicted octanol–water partition coefficient (Wildman–Crippen LogP) is 5.33. The first-order chi connectivity index (χ1) is 10.7. The van der Waals surface area contributed by atoms with Crippen molar-refractivity contribution in [1.82, 2.24) is 10.2 Å². The van der Waals surface area contributed by atoms with E-state index in [2.05, 4.69) is 22.3 Å². The lowest BCUT2D eigenvalue weighted by Gasteiger charge is -2.09. The monoisotopic (exact) mass is 328 g/mol. The standard InChI is InChI=1S/C17H13FN2S2/c1-22-14-8-4-12(5-9-14)17-15(10-16(21)19-20-17)11-2-6-13(18)7-3-11/h2-10H,1H3,(H,19,21). The molecule has 0 bridgehead atoms. The van der Waals surface area contributed by atoms with E-state index < -0.39 is 0 Å². The quantitative estimate of drug-likeness (QED) is 0.520. The number of benzene rings is 2. The summed E-state index contributed by atoms with van der Waals surface area (Å²) in [6, 6.07) is 16.4. The maximum absolute atomic E-state index is 13.1. The number of halogens is 1. The molecular weight excluding hydrogens is 315 g/mol. The van der Waals surface area contributed by atoms with Crippen molar-refractivity contribution in [3.05, 3.63) is 65.1 Å². The van der Waals surface area contributed by atoms with Crippen molar-refractivity contribution in [1.29, 1.82) is 0 Å². The number of thioether (sulfide) groups is 1. The van der Waals surface area contributed by atoms with Crippen LogP contribution in [0, 0.1) is 10.5 Å². The van der Waals surface area contributed by atoms with E-state index in [1.807, 2.05) is 24.5 Å². The van der Waals surface area contributed by atoms with E-state index in [1.54, 1.807) is 23.9 Å².